The molecule has 1 atom stereocenters. The first-order chi connectivity index (χ1) is 17.1. The smallest absolute Gasteiger partial charge is 0.263 e. The molecule has 0 bridgehead atoms. The van der Waals surface area contributed by atoms with Crippen LogP contribution in [-0.2, 0) is 22.7 Å². The molecule has 1 aromatic heterocycles. The summed E-state index contributed by atoms with van der Waals surface area (Å²) in [6.07, 6.45) is 3.22. The highest BCUT2D eigenvalue weighted by molar-refractivity contribution is 6.01. The Hall–Kier alpha value is -3.29. The zero-order chi connectivity index (χ0) is 26.5. The number of carbonyl (C=O) groups excluding carboxylic acids is 2. The Bertz CT molecular complexity index is 1180. The minimum Gasteiger partial charge on any atom is -0.370 e. The molecule has 36 heavy (non-hydrogen) atoms. The van der Waals surface area contributed by atoms with Crippen LogP contribution in [0.2, 0.25) is 0 Å². The molecule has 1 aliphatic rings. The predicted octanol–water partition coefficient (Wildman–Crippen LogP) is 3.99. The molecule has 2 amide bonds. The molecule has 3 rings (SSSR count). The highest BCUT2D eigenvalue weighted by atomic mass is 16.2. The van der Waals surface area contributed by atoms with Gasteiger partial charge in [0.1, 0.15) is 5.82 Å². The first-order valence-electron chi connectivity index (χ1n) is 12.9. The SMILES string of the molecule is CCCCC(C)(C)C(=O)N(CCC(N)=O)C(CC)c1nc2c(c(=O)n1Cc1ccccc1)C(C)=NC2. The molecule has 2 N–H and O–H groups in total. The Morgan fingerprint density at radius 1 is 1.19 bits per heavy atom. The van der Waals surface area contributed by atoms with Gasteiger partial charge in [0.2, 0.25) is 11.8 Å². The summed E-state index contributed by atoms with van der Waals surface area (Å²) in [6, 6.07) is 9.25. The van der Waals surface area contributed by atoms with Gasteiger partial charge in [0.05, 0.1) is 30.4 Å². The number of amides is 2. The van der Waals surface area contributed by atoms with Crippen molar-refractivity contribution in [2.24, 2.45) is 16.1 Å². The van der Waals surface area contributed by atoms with Gasteiger partial charge in [-0.25, -0.2) is 4.98 Å². The van der Waals surface area contributed by atoms with Gasteiger partial charge in [-0.2, -0.15) is 0 Å². The summed E-state index contributed by atoms with van der Waals surface area (Å²) < 4.78 is 1.68. The lowest BCUT2D eigenvalue weighted by atomic mass is 9.85. The van der Waals surface area contributed by atoms with E-state index in [-0.39, 0.29) is 24.4 Å². The number of carbonyl (C=O) groups is 2. The summed E-state index contributed by atoms with van der Waals surface area (Å²) in [5, 5.41) is 0. The van der Waals surface area contributed by atoms with Crippen molar-refractivity contribution >= 4 is 17.5 Å². The molecule has 0 fully saturated rings. The van der Waals surface area contributed by atoms with E-state index in [1.54, 1.807) is 9.47 Å². The number of benzene rings is 1. The van der Waals surface area contributed by atoms with Crippen LogP contribution in [0, 0.1) is 5.41 Å². The second-order valence-corrected chi connectivity index (χ2v) is 10.2. The predicted molar refractivity (Wildman–Crippen MR) is 142 cm³/mol. The quantitative estimate of drug-likeness (QED) is 0.482. The average Bonchev–Trinajstić information content (AvgIpc) is 3.23. The molecule has 0 spiro atoms. The average molecular weight is 494 g/mol. The van der Waals surface area contributed by atoms with Crippen LogP contribution in [0.25, 0.3) is 0 Å². The Morgan fingerprint density at radius 2 is 1.89 bits per heavy atom. The van der Waals surface area contributed by atoms with Gasteiger partial charge in [0, 0.05) is 24.1 Å². The van der Waals surface area contributed by atoms with Crippen LogP contribution in [0.1, 0.15) is 95.4 Å². The lowest BCUT2D eigenvalue weighted by Crippen LogP contribution is -2.46. The zero-order valence-corrected chi connectivity index (χ0v) is 22.2. The molecule has 1 aliphatic heterocycles. The molecule has 1 aromatic carbocycles. The van der Waals surface area contributed by atoms with Crippen molar-refractivity contribution in [2.45, 2.75) is 85.9 Å². The Balaban J connectivity index is 2.15. The van der Waals surface area contributed by atoms with Gasteiger partial charge in [0.15, 0.2) is 0 Å². The summed E-state index contributed by atoms with van der Waals surface area (Å²) in [5.41, 5.74) is 7.55. The number of aromatic nitrogens is 2. The normalized spacial score (nSPS) is 13.8. The molecule has 0 aliphatic carbocycles. The van der Waals surface area contributed by atoms with Crippen LogP contribution in [0.3, 0.4) is 0 Å². The van der Waals surface area contributed by atoms with Crippen molar-refractivity contribution in [1.82, 2.24) is 14.5 Å². The van der Waals surface area contributed by atoms with Crippen LogP contribution < -0.4 is 11.3 Å². The van der Waals surface area contributed by atoms with Gasteiger partial charge in [-0.3, -0.25) is 23.9 Å². The molecule has 8 nitrogen and oxygen atoms in total. The number of nitrogens with two attached hydrogens (primary N) is 1. The lowest BCUT2D eigenvalue weighted by molar-refractivity contribution is -0.144. The van der Waals surface area contributed by atoms with Gasteiger partial charge < -0.3 is 10.6 Å². The fourth-order valence-electron chi connectivity index (χ4n) is 4.83. The van der Waals surface area contributed by atoms with Gasteiger partial charge in [-0.15, -0.1) is 0 Å². The van der Waals surface area contributed by atoms with Crippen LogP contribution in [-0.4, -0.2) is 38.5 Å². The third-order valence-corrected chi connectivity index (χ3v) is 6.94. The molecular formula is C28H39N5O3. The van der Waals surface area contributed by atoms with Gasteiger partial charge in [-0.05, 0) is 25.3 Å². The van der Waals surface area contributed by atoms with Gasteiger partial charge >= 0.3 is 0 Å². The van der Waals surface area contributed by atoms with Crippen molar-refractivity contribution in [3.05, 3.63) is 63.3 Å². The van der Waals surface area contributed by atoms with E-state index < -0.39 is 17.4 Å². The molecule has 0 saturated carbocycles. The van der Waals surface area contributed by atoms with Crippen LogP contribution in [0.4, 0.5) is 0 Å². The number of nitrogens with zero attached hydrogens (tertiary/aromatic N) is 4. The van der Waals surface area contributed by atoms with E-state index >= 15 is 0 Å². The summed E-state index contributed by atoms with van der Waals surface area (Å²) in [6.45, 7) is 10.6. The second-order valence-electron chi connectivity index (χ2n) is 10.2. The maximum atomic E-state index is 13.9. The van der Waals surface area contributed by atoms with E-state index in [0.29, 0.717) is 42.3 Å². The first-order valence-corrected chi connectivity index (χ1v) is 12.9. The Kier molecular flexibility index (Phi) is 8.82. The highest BCUT2D eigenvalue weighted by Crippen LogP contribution is 2.33. The van der Waals surface area contributed by atoms with Crippen LogP contribution >= 0.6 is 0 Å². The third kappa shape index (κ3) is 5.91. The van der Waals surface area contributed by atoms with Gasteiger partial charge in [0.25, 0.3) is 5.56 Å². The monoisotopic (exact) mass is 493 g/mol. The van der Waals surface area contributed by atoms with E-state index in [0.717, 1.165) is 24.8 Å². The van der Waals surface area contributed by atoms with E-state index in [2.05, 4.69) is 11.9 Å². The van der Waals surface area contributed by atoms with Crippen LogP contribution in [0.5, 0.6) is 0 Å². The topological polar surface area (TPSA) is 111 Å². The lowest BCUT2D eigenvalue weighted by Gasteiger charge is -2.37. The second kappa shape index (κ2) is 11.6. The minimum atomic E-state index is -0.623. The van der Waals surface area contributed by atoms with E-state index in [9.17, 15) is 14.4 Å². The van der Waals surface area contributed by atoms with Crippen molar-refractivity contribution < 1.29 is 9.59 Å². The van der Waals surface area contributed by atoms with E-state index in [1.165, 1.54) is 0 Å². The first kappa shape index (κ1) is 27.3. The Labute approximate surface area is 213 Å². The number of fused-ring (bicyclic) bond motifs is 1. The zero-order valence-electron chi connectivity index (χ0n) is 22.2. The molecule has 8 heteroatoms. The fraction of sp³-hybridized carbons (Fsp3) is 0.536. The Morgan fingerprint density at radius 3 is 2.50 bits per heavy atom. The fourth-order valence-corrected chi connectivity index (χ4v) is 4.83. The van der Waals surface area contributed by atoms with Crippen molar-refractivity contribution in [3.63, 3.8) is 0 Å². The van der Waals surface area contributed by atoms with E-state index in [1.807, 2.05) is 58.0 Å². The number of primary amides is 1. The molecule has 0 radical (unpaired) electrons. The largest absolute Gasteiger partial charge is 0.370 e. The molecule has 0 saturated heterocycles. The maximum Gasteiger partial charge on any atom is 0.263 e. The maximum absolute atomic E-state index is 13.9. The highest BCUT2D eigenvalue weighted by Gasteiger charge is 2.37. The van der Waals surface area contributed by atoms with Crippen molar-refractivity contribution in [2.75, 3.05) is 6.54 Å². The summed E-state index contributed by atoms with van der Waals surface area (Å²) in [5.74, 6) is -0.00163. The van der Waals surface area contributed by atoms with E-state index in [4.69, 9.17) is 10.7 Å². The molecular weight excluding hydrogens is 454 g/mol. The molecule has 1 unspecified atom stereocenters. The molecule has 2 aromatic rings. The standard InChI is InChI=1S/C28H39N5O3/c1-6-8-15-28(4,5)27(36)32(16-14-23(29)34)22(7-2)25-31-21-17-30-19(3)24(21)26(35)33(25)18-20-12-10-9-11-13-20/h9-13,22H,6-8,14-18H2,1-5H3,(H2,29,34). The summed E-state index contributed by atoms with van der Waals surface area (Å²) in [4.78, 5) is 50.6. The number of hydrogen-bond donors (Lipinski definition) is 1. The molecule has 194 valence electrons. The number of aliphatic imine (C=N–C) groups is 1. The van der Waals surface area contributed by atoms with Crippen molar-refractivity contribution in [1.29, 1.82) is 0 Å². The minimum absolute atomic E-state index is 0.0438. The third-order valence-electron chi connectivity index (χ3n) is 6.94. The summed E-state index contributed by atoms with van der Waals surface area (Å²) >= 11 is 0. The van der Waals surface area contributed by atoms with Crippen molar-refractivity contribution in [3.8, 4) is 0 Å². The number of hydrogen-bond acceptors (Lipinski definition) is 5. The number of unbranched alkanes of at least 4 members (excludes halogenated alkanes) is 1. The molecule has 2 heterocycles. The summed E-state index contributed by atoms with van der Waals surface area (Å²) in [7, 11) is 0. The van der Waals surface area contributed by atoms with Gasteiger partial charge in [-0.1, -0.05) is 70.9 Å². The number of rotatable bonds is 12. The van der Waals surface area contributed by atoms with Crippen LogP contribution in [0.15, 0.2) is 40.1 Å².